The highest BCUT2D eigenvalue weighted by atomic mass is 79.9. The molecule has 0 radical (unpaired) electrons. The second-order valence-corrected chi connectivity index (χ2v) is 4.96. The Morgan fingerprint density at radius 3 is 2.48 bits per heavy atom. The van der Waals surface area contributed by atoms with E-state index in [0.717, 1.165) is 12.1 Å². The van der Waals surface area contributed by atoms with Crippen molar-refractivity contribution in [2.75, 3.05) is 0 Å². The van der Waals surface area contributed by atoms with Gasteiger partial charge in [-0.3, -0.25) is 0 Å². The first kappa shape index (κ1) is 15.2. The van der Waals surface area contributed by atoms with Crippen LogP contribution in [0, 0.1) is 11.6 Å². The van der Waals surface area contributed by atoms with E-state index in [9.17, 15) is 13.6 Å². The molecule has 0 unspecified atom stereocenters. The number of aliphatic carboxylic acids is 1. The molecular formula is C15H9BrF2O3. The van der Waals surface area contributed by atoms with Crippen LogP contribution in [0.3, 0.4) is 0 Å². The minimum Gasteiger partial charge on any atom is -0.478 e. The third-order valence-corrected chi connectivity index (χ3v) is 2.94. The van der Waals surface area contributed by atoms with Crippen molar-refractivity contribution in [1.29, 1.82) is 0 Å². The van der Waals surface area contributed by atoms with Gasteiger partial charge in [0.2, 0.25) is 5.82 Å². The Morgan fingerprint density at radius 2 is 1.86 bits per heavy atom. The standard InChI is InChI=1S/C15H9BrF2O3/c16-10-7-12(17)15(18)13(8-10)21-11-4-1-9(2-5-11)3-6-14(19)20/h1-8H,(H,19,20)/b6-3+. The maximum Gasteiger partial charge on any atom is 0.328 e. The monoisotopic (exact) mass is 354 g/mol. The first-order chi connectivity index (χ1) is 9.95. The van der Waals surface area contributed by atoms with Gasteiger partial charge in [-0.1, -0.05) is 28.1 Å². The van der Waals surface area contributed by atoms with Crippen LogP contribution < -0.4 is 4.74 Å². The lowest BCUT2D eigenvalue weighted by Gasteiger charge is -2.08. The van der Waals surface area contributed by atoms with Gasteiger partial charge >= 0.3 is 5.97 Å². The number of halogens is 3. The van der Waals surface area contributed by atoms with Crippen molar-refractivity contribution in [3.05, 3.63) is 64.1 Å². The third kappa shape index (κ3) is 4.13. The fourth-order valence-corrected chi connectivity index (χ4v) is 1.96. The molecule has 108 valence electrons. The molecule has 3 nitrogen and oxygen atoms in total. The smallest absolute Gasteiger partial charge is 0.328 e. The normalized spacial score (nSPS) is 10.8. The topological polar surface area (TPSA) is 46.5 Å². The zero-order chi connectivity index (χ0) is 15.4. The minimum atomic E-state index is -1.08. The van der Waals surface area contributed by atoms with Gasteiger partial charge in [-0.2, -0.15) is 4.39 Å². The predicted molar refractivity (Wildman–Crippen MR) is 77.2 cm³/mol. The zero-order valence-electron chi connectivity index (χ0n) is 10.5. The Balaban J connectivity index is 2.19. The molecule has 2 aromatic rings. The van der Waals surface area contributed by atoms with Crippen molar-refractivity contribution >= 4 is 28.0 Å². The van der Waals surface area contributed by atoms with Crippen LogP contribution in [0.1, 0.15) is 5.56 Å². The van der Waals surface area contributed by atoms with Gasteiger partial charge in [-0.15, -0.1) is 0 Å². The van der Waals surface area contributed by atoms with Crippen LogP contribution in [0.5, 0.6) is 11.5 Å². The Kier molecular flexibility index (Phi) is 4.70. The van der Waals surface area contributed by atoms with Gasteiger partial charge in [-0.25, -0.2) is 9.18 Å². The Morgan fingerprint density at radius 1 is 1.19 bits per heavy atom. The van der Waals surface area contributed by atoms with Crippen molar-refractivity contribution in [3.63, 3.8) is 0 Å². The average molecular weight is 355 g/mol. The van der Waals surface area contributed by atoms with Gasteiger partial charge in [-0.05, 0) is 35.9 Å². The molecule has 2 aromatic carbocycles. The van der Waals surface area contributed by atoms with E-state index in [4.69, 9.17) is 9.84 Å². The highest BCUT2D eigenvalue weighted by molar-refractivity contribution is 9.10. The SMILES string of the molecule is O=C(O)/C=C/c1ccc(Oc2cc(Br)cc(F)c2F)cc1. The van der Waals surface area contributed by atoms with Gasteiger partial charge in [0.05, 0.1) is 0 Å². The summed E-state index contributed by atoms with van der Waals surface area (Å²) < 4.78 is 32.4. The first-order valence-electron chi connectivity index (χ1n) is 5.79. The summed E-state index contributed by atoms with van der Waals surface area (Å²) in [5, 5.41) is 8.51. The fourth-order valence-electron chi connectivity index (χ4n) is 1.55. The molecular weight excluding hydrogens is 346 g/mol. The number of hydrogen-bond donors (Lipinski definition) is 1. The van der Waals surface area contributed by atoms with Crippen molar-refractivity contribution in [3.8, 4) is 11.5 Å². The average Bonchev–Trinajstić information content (AvgIpc) is 2.43. The van der Waals surface area contributed by atoms with Crippen LogP contribution >= 0.6 is 15.9 Å². The van der Waals surface area contributed by atoms with Gasteiger partial charge in [0.25, 0.3) is 0 Å². The van der Waals surface area contributed by atoms with Crippen LogP contribution in [0.25, 0.3) is 6.08 Å². The van der Waals surface area contributed by atoms with Gasteiger partial charge in [0.15, 0.2) is 11.6 Å². The van der Waals surface area contributed by atoms with Gasteiger partial charge in [0.1, 0.15) is 5.75 Å². The number of hydrogen-bond acceptors (Lipinski definition) is 2. The van der Waals surface area contributed by atoms with Crippen LogP contribution in [0.15, 0.2) is 46.9 Å². The van der Waals surface area contributed by atoms with Crippen molar-refractivity contribution < 1.29 is 23.4 Å². The van der Waals surface area contributed by atoms with E-state index in [1.54, 1.807) is 12.1 Å². The lowest BCUT2D eigenvalue weighted by atomic mass is 10.2. The molecule has 0 atom stereocenters. The first-order valence-corrected chi connectivity index (χ1v) is 6.58. The largest absolute Gasteiger partial charge is 0.478 e. The zero-order valence-corrected chi connectivity index (χ0v) is 12.1. The summed E-state index contributed by atoms with van der Waals surface area (Å²) in [5.41, 5.74) is 0.644. The number of ether oxygens (including phenoxy) is 1. The van der Waals surface area contributed by atoms with E-state index in [1.807, 2.05) is 0 Å². The van der Waals surface area contributed by atoms with E-state index in [-0.39, 0.29) is 5.75 Å². The molecule has 0 fully saturated rings. The van der Waals surface area contributed by atoms with E-state index in [0.29, 0.717) is 15.8 Å². The number of carboxylic acid groups (broad SMARTS) is 1. The van der Waals surface area contributed by atoms with E-state index >= 15 is 0 Å². The van der Waals surface area contributed by atoms with Crippen LogP contribution in [0.4, 0.5) is 8.78 Å². The number of carbonyl (C=O) groups is 1. The lowest BCUT2D eigenvalue weighted by molar-refractivity contribution is -0.131. The molecule has 0 amide bonds. The molecule has 6 heteroatoms. The molecule has 0 aliphatic carbocycles. The summed E-state index contributed by atoms with van der Waals surface area (Å²) in [6.07, 6.45) is 2.41. The molecule has 0 saturated heterocycles. The summed E-state index contributed by atoms with van der Waals surface area (Å²) in [5.74, 6) is -3.08. The van der Waals surface area contributed by atoms with E-state index in [1.165, 1.54) is 24.3 Å². The molecule has 0 heterocycles. The highest BCUT2D eigenvalue weighted by Gasteiger charge is 2.12. The van der Waals surface area contributed by atoms with E-state index in [2.05, 4.69) is 15.9 Å². The van der Waals surface area contributed by atoms with Crippen LogP contribution in [0.2, 0.25) is 0 Å². The molecule has 0 aliphatic heterocycles. The second kappa shape index (κ2) is 6.49. The van der Waals surface area contributed by atoms with Crippen molar-refractivity contribution in [2.45, 2.75) is 0 Å². The molecule has 21 heavy (non-hydrogen) atoms. The summed E-state index contributed by atoms with van der Waals surface area (Å²) >= 11 is 3.05. The lowest BCUT2D eigenvalue weighted by Crippen LogP contribution is -1.92. The molecule has 1 N–H and O–H groups in total. The maximum absolute atomic E-state index is 13.6. The quantitative estimate of drug-likeness (QED) is 0.643. The molecule has 0 spiro atoms. The number of benzene rings is 2. The Bertz CT molecular complexity index is 697. The second-order valence-electron chi connectivity index (χ2n) is 4.04. The van der Waals surface area contributed by atoms with E-state index < -0.39 is 17.6 Å². The number of carboxylic acids is 1. The van der Waals surface area contributed by atoms with Gasteiger partial charge < -0.3 is 9.84 Å². The Hall–Kier alpha value is -2.21. The van der Waals surface area contributed by atoms with Crippen LogP contribution in [-0.2, 0) is 4.79 Å². The molecule has 0 aromatic heterocycles. The predicted octanol–water partition coefficient (Wildman–Crippen LogP) is 4.62. The van der Waals surface area contributed by atoms with Crippen LogP contribution in [-0.4, -0.2) is 11.1 Å². The summed E-state index contributed by atoms with van der Waals surface area (Å²) in [6, 6.07) is 8.57. The summed E-state index contributed by atoms with van der Waals surface area (Å²) in [7, 11) is 0. The molecule has 2 rings (SSSR count). The van der Waals surface area contributed by atoms with Crippen molar-refractivity contribution in [2.24, 2.45) is 0 Å². The highest BCUT2D eigenvalue weighted by Crippen LogP contribution is 2.29. The molecule has 0 aliphatic rings. The minimum absolute atomic E-state index is 0.240. The molecule has 0 saturated carbocycles. The maximum atomic E-state index is 13.6. The molecule has 0 bridgehead atoms. The summed E-state index contributed by atoms with van der Waals surface area (Å²) in [6.45, 7) is 0. The number of rotatable bonds is 4. The Labute approximate surface area is 127 Å². The van der Waals surface area contributed by atoms with Crippen molar-refractivity contribution in [1.82, 2.24) is 0 Å². The third-order valence-electron chi connectivity index (χ3n) is 2.49. The van der Waals surface area contributed by atoms with Gasteiger partial charge in [0, 0.05) is 10.5 Å². The summed E-state index contributed by atoms with van der Waals surface area (Å²) in [4.78, 5) is 10.4. The fraction of sp³-hybridized carbons (Fsp3) is 0.